The molecule has 0 unspecified atom stereocenters. The second-order valence-electron chi connectivity index (χ2n) is 4.74. The predicted octanol–water partition coefficient (Wildman–Crippen LogP) is 3.39. The fourth-order valence-electron chi connectivity index (χ4n) is 2.23. The first kappa shape index (κ1) is 15.5. The zero-order valence-corrected chi connectivity index (χ0v) is 12.9. The summed E-state index contributed by atoms with van der Waals surface area (Å²) in [5.41, 5.74) is 3.25. The van der Waals surface area contributed by atoms with Crippen LogP contribution in [0.2, 0.25) is 5.02 Å². The molecule has 1 heterocycles. The molecule has 2 aromatic rings. The number of hydrogen-bond donors (Lipinski definition) is 0. The Balaban J connectivity index is 2.33. The highest BCUT2D eigenvalue weighted by Crippen LogP contribution is 2.22. The maximum atomic E-state index is 13.6. The number of benzene rings is 1. The number of rotatable bonds is 4. The maximum absolute atomic E-state index is 13.6. The lowest BCUT2D eigenvalue weighted by Crippen LogP contribution is -2.04. The van der Waals surface area contributed by atoms with Crippen LogP contribution >= 0.6 is 11.6 Å². The molecular weight excluding hydrogens is 295 g/mol. The molecule has 0 radical (unpaired) electrons. The Morgan fingerprint density at radius 1 is 1.43 bits per heavy atom. The van der Waals surface area contributed by atoms with Crippen molar-refractivity contribution >= 4 is 17.6 Å². The molecule has 4 nitrogen and oxygen atoms in total. The molecule has 1 aromatic carbocycles. The minimum atomic E-state index is -0.488. The number of aryl methyl sites for hydroxylation is 1. The van der Waals surface area contributed by atoms with E-state index < -0.39 is 5.82 Å². The molecule has 2 rings (SSSR count). The van der Waals surface area contributed by atoms with Gasteiger partial charge in [0.1, 0.15) is 5.82 Å². The van der Waals surface area contributed by atoms with E-state index >= 15 is 0 Å². The van der Waals surface area contributed by atoms with E-state index in [0.717, 1.165) is 17.0 Å². The standard InChI is InChI=1S/C15H16ClFN2O2/c1-9-12(5-7-15(20)21-3)10(2)19(18-9)11-4-6-13(16)14(17)8-11/h4,6,8H,5,7H2,1-3H3. The van der Waals surface area contributed by atoms with Gasteiger partial charge in [-0.1, -0.05) is 11.6 Å². The molecule has 0 aliphatic carbocycles. The Morgan fingerprint density at radius 2 is 2.14 bits per heavy atom. The van der Waals surface area contributed by atoms with Gasteiger partial charge in [0.2, 0.25) is 0 Å². The van der Waals surface area contributed by atoms with Crippen LogP contribution in [0.25, 0.3) is 5.69 Å². The van der Waals surface area contributed by atoms with Gasteiger partial charge in [-0.25, -0.2) is 9.07 Å². The van der Waals surface area contributed by atoms with Gasteiger partial charge < -0.3 is 4.74 Å². The van der Waals surface area contributed by atoms with Gasteiger partial charge in [-0.05, 0) is 38.0 Å². The Morgan fingerprint density at radius 3 is 2.76 bits per heavy atom. The van der Waals surface area contributed by atoms with Crippen molar-refractivity contribution in [3.8, 4) is 5.69 Å². The number of aromatic nitrogens is 2. The summed E-state index contributed by atoms with van der Waals surface area (Å²) in [7, 11) is 1.36. The minimum absolute atomic E-state index is 0.0752. The second kappa shape index (κ2) is 6.26. The molecule has 0 aliphatic rings. The number of ether oxygens (including phenoxy) is 1. The van der Waals surface area contributed by atoms with Gasteiger partial charge in [-0.2, -0.15) is 5.10 Å². The van der Waals surface area contributed by atoms with E-state index in [2.05, 4.69) is 9.84 Å². The molecule has 0 aliphatic heterocycles. The smallest absolute Gasteiger partial charge is 0.305 e. The van der Waals surface area contributed by atoms with Crippen LogP contribution in [-0.4, -0.2) is 22.9 Å². The molecule has 0 spiro atoms. The number of nitrogens with zero attached hydrogens (tertiary/aromatic N) is 2. The van der Waals surface area contributed by atoms with Crippen molar-refractivity contribution in [1.29, 1.82) is 0 Å². The highest BCUT2D eigenvalue weighted by Gasteiger charge is 2.15. The van der Waals surface area contributed by atoms with Crippen LogP contribution in [0.15, 0.2) is 18.2 Å². The number of esters is 1. The normalized spacial score (nSPS) is 10.7. The lowest BCUT2D eigenvalue weighted by molar-refractivity contribution is -0.140. The number of halogens is 2. The van der Waals surface area contributed by atoms with E-state index in [1.54, 1.807) is 10.7 Å². The molecule has 112 valence electrons. The first-order valence-corrected chi connectivity index (χ1v) is 6.89. The van der Waals surface area contributed by atoms with E-state index in [4.69, 9.17) is 11.6 Å². The largest absolute Gasteiger partial charge is 0.469 e. The van der Waals surface area contributed by atoms with Gasteiger partial charge in [0.05, 0.1) is 23.5 Å². The Hall–Kier alpha value is -1.88. The van der Waals surface area contributed by atoms with Gasteiger partial charge in [-0.15, -0.1) is 0 Å². The Bertz CT molecular complexity index is 683. The predicted molar refractivity (Wildman–Crippen MR) is 78.3 cm³/mol. The van der Waals surface area contributed by atoms with Crippen LogP contribution in [0.5, 0.6) is 0 Å². The van der Waals surface area contributed by atoms with E-state index in [-0.39, 0.29) is 11.0 Å². The van der Waals surface area contributed by atoms with Crippen LogP contribution in [0.1, 0.15) is 23.4 Å². The second-order valence-corrected chi connectivity index (χ2v) is 5.14. The van der Waals surface area contributed by atoms with Crippen molar-refractivity contribution in [1.82, 2.24) is 9.78 Å². The molecule has 0 amide bonds. The molecule has 0 fully saturated rings. The highest BCUT2D eigenvalue weighted by atomic mass is 35.5. The van der Waals surface area contributed by atoms with Crippen molar-refractivity contribution in [2.75, 3.05) is 7.11 Å². The quantitative estimate of drug-likeness (QED) is 0.813. The Kier molecular flexibility index (Phi) is 4.63. The minimum Gasteiger partial charge on any atom is -0.469 e. The summed E-state index contributed by atoms with van der Waals surface area (Å²) in [6.45, 7) is 3.75. The van der Waals surface area contributed by atoms with Crippen molar-refractivity contribution in [2.45, 2.75) is 26.7 Å². The number of carbonyl (C=O) groups excluding carboxylic acids is 1. The zero-order valence-electron chi connectivity index (χ0n) is 12.1. The molecule has 0 N–H and O–H groups in total. The van der Waals surface area contributed by atoms with Crippen LogP contribution < -0.4 is 0 Å². The molecule has 1 aromatic heterocycles. The van der Waals surface area contributed by atoms with Crippen LogP contribution in [0.3, 0.4) is 0 Å². The van der Waals surface area contributed by atoms with Crippen LogP contribution in [0, 0.1) is 19.7 Å². The molecule has 0 saturated carbocycles. The molecule has 0 atom stereocenters. The average molecular weight is 311 g/mol. The summed E-state index contributed by atoms with van der Waals surface area (Å²) >= 11 is 5.69. The molecular formula is C15H16ClFN2O2. The summed E-state index contributed by atoms with van der Waals surface area (Å²) in [4.78, 5) is 11.3. The van der Waals surface area contributed by atoms with Gasteiger partial charge in [0.15, 0.2) is 0 Å². The van der Waals surface area contributed by atoms with Crippen molar-refractivity contribution < 1.29 is 13.9 Å². The van der Waals surface area contributed by atoms with E-state index in [9.17, 15) is 9.18 Å². The fraction of sp³-hybridized carbons (Fsp3) is 0.333. The van der Waals surface area contributed by atoms with E-state index in [1.165, 1.54) is 19.2 Å². The average Bonchev–Trinajstić information content (AvgIpc) is 2.74. The monoisotopic (exact) mass is 310 g/mol. The lowest BCUT2D eigenvalue weighted by Gasteiger charge is -2.06. The highest BCUT2D eigenvalue weighted by molar-refractivity contribution is 6.30. The van der Waals surface area contributed by atoms with Gasteiger partial charge >= 0.3 is 5.97 Å². The summed E-state index contributed by atoms with van der Waals surface area (Å²) in [5.74, 6) is -0.753. The third-order valence-electron chi connectivity index (χ3n) is 3.40. The summed E-state index contributed by atoms with van der Waals surface area (Å²) in [6.07, 6.45) is 0.833. The van der Waals surface area contributed by atoms with E-state index in [0.29, 0.717) is 18.5 Å². The maximum Gasteiger partial charge on any atom is 0.305 e. The zero-order chi connectivity index (χ0) is 15.6. The van der Waals surface area contributed by atoms with Crippen molar-refractivity contribution in [2.24, 2.45) is 0 Å². The van der Waals surface area contributed by atoms with Crippen LogP contribution in [0.4, 0.5) is 4.39 Å². The summed E-state index contributed by atoms with van der Waals surface area (Å²) < 4.78 is 19.9. The van der Waals surface area contributed by atoms with Gasteiger partial charge in [-0.3, -0.25) is 4.79 Å². The van der Waals surface area contributed by atoms with Crippen molar-refractivity contribution in [3.63, 3.8) is 0 Å². The topological polar surface area (TPSA) is 44.1 Å². The first-order valence-electron chi connectivity index (χ1n) is 6.51. The summed E-state index contributed by atoms with van der Waals surface area (Å²) in [5, 5.41) is 4.48. The molecule has 0 bridgehead atoms. The fourth-order valence-corrected chi connectivity index (χ4v) is 2.35. The molecule has 0 saturated heterocycles. The SMILES string of the molecule is COC(=O)CCc1c(C)nn(-c2ccc(Cl)c(F)c2)c1C. The lowest BCUT2D eigenvalue weighted by atomic mass is 10.1. The third kappa shape index (κ3) is 3.24. The summed E-state index contributed by atoms with van der Waals surface area (Å²) in [6, 6.07) is 4.54. The first-order chi connectivity index (χ1) is 9.93. The third-order valence-corrected chi connectivity index (χ3v) is 3.70. The Labute approximate surface area is 127 Å². The number of hydrogen-bond acceptors (Lipinski definition) is 3. The van der Waals surface area contributed by atoms with Crippen molar-refractivity contribution in [3.05, 3.63) is 46.0 Å². The van der Waals surface area contributed by atoms with Crippen LogP contribution in [-0.2, 0) is 16.0 Å². The molecule has 21 heavy (non-hydrogen) atoms. The number of carbonyl (C=O) groups is 1. The van der Waals surface area contributed by atoms with Gasteiger partial charge in [0, 0.05) is 18.2 Å². The van der Waals surface area contributed by atoms with E-state index in [1.807, 2.05) is 13.8 Å². The molecule has 6 heteroatoms. The number of methoxy groups -OCH3 is 1. The van der Waals surface area contributed by atoms with Gasteiger partial charge in [0.25, 0.3) is 0 Å².